The van der Waals surface area contributed by atoms with Crippen LogP contribution >= 0.6 is 0 Å². The highest BCUT2D eigenvalue weighted by Gasteiger charge is 2.45. The number of carbonyl (C=O) groups is 3. The van der Waals surface area contributed by atoms with E-state index in [-0.39, 0.29) is 42.7 Å². The lowest BCUT2D eigenvalue weighted by molar-refractivity contribution is -0.170. The number of hydroxylamine groups is 2. The van der Waals surface area contributed by atoms with Gasteiger partial charge < -0.3 is 4.84 Å². The molecule has 0 spiro atoms. The molecule has 5 nitrogen and oxygen atoms in total. The SMILES string of the molecule is O=C(CCC1CC(F)(F)C1)ON1C(=O)c2ccccc2C1=O. The third kappa shape index (κ3) is 2.58. The van der Waals surface area contributed by atoms with Gasteiger partial charge in [0.1, 0.15) is 0 Å². The average molecular weight is 309 g/mol. The van der Waals surface area contributed by atoms with Gasteiger partial charge in [-0.15, -0.1) is 0 Å². The van der Waals surface area contributed by atoms with Gasteiger partial charge in [0.25, 0.3) is 11.8 Å². The predicted octanol–water partition coefficient (Wildman–Crippen LogP) is 2.57. The first-order chi connectivity index (χ1) is 10.4. The number of carbonyl (C=O) groups excluding carboxylic acids is 3. The van der Waals surface area contributed by atoms with Crippen molar-refractivity contribution < 1.29 is 28.0 Å². The number of benzene rings is 1. The molecule has 1 heterocycles. The van der Waals surface area contributed by atoms with Crippen LogP contribution in [0.2, 0.25) is 0 Å². The molecular weight excluding hydrogens is 296 g/mol. The Morgan fingerprint density at radius 1 is 1.18 bits per heavy atom. The van der Waals surface area contributed by atoms with Crippen LogP contribution in [0.3, 0.4) is 0 Å². The summed E-state index contributed by atoms with van der Waals surface area (Å²) in [5.74, 6) is -5.00. The topological polar surface area (TPSA) is 63.7 Å². The molecule has 0 radical (unpaired) electrons. The van der Waals surface area contributed by atoms with E-state index < -0.39 is 23.7 Å². The van der Waals surface area contributed by atoms with Crippen LogP contribution in [0.1, 0.15) is 46.4 Å². The number of amides is 2. The van der Waals surface area contributed by atoms with Gasteiger partial charge in [-0.1, -0.05) is 17.2 Å². The molecule has 1 aromatic rings. The highest BCUT2D eigenvalue weighted by molar-refractivity contribution is 6.20. The van der Waals surface area contributed by atoms with E-state index in [1.54, 1.807) is 12.1 Å². The number of hydrogen-bond acceptors (Lipinski definition) is 4. The summed E-state index contributed by atoms with van der Waals surface area (Å²) in [6, 6.07) is 6.15. The average Bonchev–Trinajstić information content (AvgIpc) is 2.68. The Bertz CT molecular complexity index is 616. The van der Waals surface area contributed by atoms with Gasteiger partial charge in [0.05, 0.1) is 11.1 Å². The van der Waals surface area contributed by atoms with Crippen LogP contribution in [0.25, 0.3) is 0 Å². The molecule has 1 aliphatic heterocycles. The quantitative estimate of drug-likeness (QED) is 0.802. The Labute approximate surface area is 124 Å². The van der Waals surface area contributed by atoms with Crippen molar-refractivity contribution in [2.75, 3.05) is 0 Å². The third-order valence-electron chi connectivity index (χ3n) is 3.88. The molecule has 0 saturated heterocycles. The van der Waals surface area contributed by atoms with Crippen LogP contribution in [-0.2, 0) is 9.63 Å². The highest BCUT2D eigenvalue weighted by atomic mass is 19.3. The fourth-order valence-corrected chi connectivity index (χ4v) is 2.71. The molecule has 1 fully saturated rings. The lowest BCUT2D eigenvalue weighted by Crippen LogP contribution is -2.36. The van der Waals surface area contributed by atoms with Crippen molar-refractivity contribution in [3.05, 3.63) is 35.4 Å². The van der Waals surface area contributed by atoms with Gasteiger partial charge >= 0.3 is 5.97 Å². The van der Waals surface area contributed by atoms with Gasteiger partial charge in [-0.25, -0.2) is 13.6 Å². The van der Waals surface area contributed by atoms with E-state index in [0.29, 0.717) is 5.06 Å². The highest BCUT2D eigenvalue weighted by Crippen LogP contribution is 2.44. The van der Waals surface area contributed by atoms with E-state index in [1.165, 1.54) is 12.1 Å². The van der Waals surface area contributed by atoms with Crippen molar-refractivity contribution in [1.82, 2.24) is 5.06 Å². The molecule has 1 aliphatic carbocycles. The molecule has 0 aromatic heterocycles. The number of halogens is 2. The van der Waals surface area contributed by atoms with Crippen molar-refractivity contribution >= 4 is 17.8 Å². The fraction of sp³-hybridized carbons (Fsp3) is 0.400. The van der Waals surface area contributed by atoms with Gasteiger partial charge in [-0.3, -0.25) is 9.59 Å². The number of hydrogen-bond donors (Lipinski definition) is 0. The standard InChI is InChI=1S/C15H13F2NO4/c16-15(17)7-9(8-15)5-6-12(19)22-18-13(20)10-3-1-2-4-11(10)14(18)21/h1-4,9H,5-8H2. The zero-order chi connectivity index (χ0) is 15.9. The minimum Gasteiger partial charge on any atom is -0.330 e. The van der Waals surface area contributed by atoms with Crippen LogP contribution in [0.5, 0.6) is 0 Å². The Balaban J connectivity index is 1.55. The Hall–Kier alpha value is -2.31. The molecule has 1 aromatic carbocycles. The first-order valence-electron chi connectivity index (χ1n) is 6.94. The number of imide groups is 1. The van der Waals surface area contributed by atoms with E-state index in [4.69, 9.17) is 4.84 Å². The molecule has 0 bridgehead atoms. The Morgan fingerprint density at radius 2 is 1.73 bits per heavy atom. The summed E-state index contributed by atoms with van der Waals surface area (Å²) in [5, 5.41) is 0.433. The molecule has 0 N–H and O–H groups in total. The summed E-state index contributed by atoms with van der Waals surface area (Å²) >= 11 is 0. The van der Waals surface area contributed by atoms with E-state index in [0.717, 1.165) is 0 Å². The van der Waals surface area contributed by atoms with Crippen LogP contribution in [-0.4, -0.2) is 28.8 Å². The third-order valence-corrected chi connectivity index (χ3v) is 3.88. The van der Waals surface area contributed by atoms with Gasteiger partial charge in [-0.05, 0) is 24.5 Å². The Morgan fingerprint density at radius 3 is 2.23 bits per heavy atom. The van der Waals surface area contributed by atoms with Crippen molar-refractivity contribution in [2.45, 2.75) is 31.6 Å². The molecule has 2 aliphatic rings. The van der Waals surface area contributed by atoms with Crippen LogP contribution in [0.4, 0.5) is 8.78 Å². The molecule has 3 rings (SSSR count). The summed E-state index contributed by atoms with van der Waals surface area (Å²) in [6.45, 7) is 0. The van der Waals surface area contributed by atoms with E-state index in [9.17, 15) is 23.2 Å². The number of nitrogens with zero attached hydrogens (tertiary/aromatic N) is 1. The molecule has 1 saturated carbocycles. The molecule has 0 atom stereocenters. The first-order valence-corrected chi connectivity index (χ1v) is 6.94. The Kier molecular flexibility index (Phi) is 3.42. The summed E-state index contributed by atoms with van der Waals surface area (Å²) in [4.78, 5) is 40.4. The molecule has 0 unspecified atom stereocenters. The predicted molar refractivity (Wildman–Crippen MR) is 69.9 cm³/mol. The largest absolute Gasteiger partial charge is 0.333 e. The van der Waals surface area contributed by atoms with Gasteiger partial charge in [-0.2, -0.15) is 0 Å². The van der Waals surface area contributed by atoms with Crippen LogP contribution < -0.4 is 0 Å². The molecule has 116 valence electrons. The van der Waals surface area contributed by atoms with Crippen molar-refractivity contribution in [1.29, 1.82) is 0 Å². The van der Waals surface area contributed by atoms with E-state index in [1.807, 2.05) is 0 Å². The number of fused-ring (bicyclic) bond motifs is 1. The summed E-state index contributed by atoms with van der Waals surface area (Å²) < 4.78 is 25.4. The second-order valence-corrected chi connectivity index (χ2v) is 5.58. The minimum absolute atomic E-state index is 0.103. The van der Waals surface area contributed by atoms with E-state index >= 15 is 0 Å². The maximum Gasteiger partial charge on any atom is 0.333 e. The molecular formula is C15H13F2NO4. The summed E-state index contributed by atoms with van der Waals surface area (Å²) in [6.07, 6.45) is -0.299. The van der Waals surface area contributed by atoms with Gasteiger partial charge in [0, 0.05) is 19.3 Å². The lowest BCUT2D eigenvalue weighted by Gasteiger charge is -2.34. The van der Waals surface area contributed by atoms with Gasteiger partial charge in [0.15, 0.2) is 0 Å². The van der Waals surface area contributed by atoms with Crippen LogP contribution in [0.15, 0.2) is 24.3 Å². The monoisotopic (exact) mass is 309 g/mol. The van der Waals surface area contributed by atoms with Gasteiger partial charge in [0.2, 0.25) is 5.92 Å². The smallest absolute Gasteiger partial charge is 0.330 e. The zero-order valence-electron chi connectivity index (χ0n) is 11.6. The minimum atomic E-state index is -2.63. The van der Waals surface area contributed by atoms with Crippen molar-refractivity contribution in [3.63, 3.8) is 0 Å². The summed E-state index contributed by atoms with van der Waals surface area (Å²) in [5.41, 5.74) is 0.359. The fourth-order valence-electron chi connectivity index (χ4n) is 2.71. The van der Waals surface area contributed by atoms with Crippen LogP contribution in [0, 0.1) is 5.92 Å². The number of alkyl halides is 2. The van der Waals surface area contributed by atoms with Crippen molar-refractivity contribution in [3.8, 4) is 0 Å². The lowest BCUT2D eigenvalue weighted by atomic mass is 9.78. The number of rotatable bonds is 4. The normalized spacial score (nSPS) is 19.8. The first kappa shape index (κ1) is 14.6. The second-order valence-electron chi connectivity index (χ2n) is 5.58. The van der Waals surface area contributed by atoms with Crippen molar-refractivity contribution in [2.24, 2.45) is 5.92 Å². The van der Waals surface area contributed by atoms with E-state index in [2.05, 4.69) is 0 Å². The maximum absolute atomic E-state index is 12.7. The maximum atomic E-state index is 12.7. The molecule has 2 amide bonds. The second kappa shape index (κ2) is 5.15. The summed E-state index contributed by atoms with van der Waals surface area (Å²) in [7, 11) is 0. The zero-order valence-corrected chi connectivity index (χ0v) is 11.6. The molecule has 22 heavy (non-hydrogen) atoms. The molecule has 7 heteroatoms.